The number of thioether (sulfide) groups is 1. The quantitative estimate of drug-likeness (QED) is 0.397. The standard InChI is InChI=1S/C26H28N2OS/c1-18(2)30-25-27-23-21-13-7-6-12-20(21)16-26(14-8-9-15-26)22(23)24(29)28(25)17-19-10-4-3-5-11-19/h3-7,10-13,18H,8-9,14-17H2,1-2H3. The molecule has 3 nitrogen and oxygen atoms in total. The molecule has 0 bridgehead atoms. The van der Waals surface area contributed by atoms with Gasteiger partial charge in [-0.2, -0.15) is 0 Å². The largest absolute Gasteiger partial charge is 0.283 e. The molecule has 1 heterocycles. The Kier molecular flexibility index (Phi) is 5.06. The van der Waals surface area contributed by atoms with Crippen LogP contribution < -0.4 is 5.56 Å². The molecule has 1 spiro atoms. The molecule has 1 aromatic heterocycles. The second kappa shape index (κ2) is 7.73. The van der Waals surface area contributed by atoms with Gasteiger partial charge in [-0.1, -0.05) is 93.0 Å². The van der Waals surface area contributed by atoms with Crippen LogP contribution in [0.5, 0.6) is 0 Å². The molecule has 0 radical (unpaired) electrons. The van der Waals surface area contributed by atoms with Crippen LogP contribution >= 0.6 is 11.8 Å². The average molecular weight is 417 g/mol. The van der Waals surface area contributed by atoms with Crippen LogP contribution in [0.3, 0.4) is 0 Å². The minimum atomic E-state index is -0.0484. The van der Waals surface area contributed by atoms with Crippen molar-refractivity contribution in [1.82, 2.24) is 9.55 Å². The van der Waals surface area contributed by atoms with Gasteiger partial charge in [0.2, 0.25) is 0 Å². The third-order valence-corrected chi connectivity index (χ3v) is 7.55. The van der Waals surface area contributed by atoms with E-state index < -0.39 is 0 Å². The highest BCUT2D eigenvalue weighted by molar-refractivity contribution is 7.99. The molecular formula is C26H28N2OS. The first-order chi connectivity index (χ1) is 14.6. The zero-order valence-electron chi connectivity index (χ0n) is 17.7. The van der Waals surface area contributed by atoms with E-state index in [4.69, 9.17) is 4.98 Å². The molecular weight excluding hydrogens is 388 g/mol. The molecule has 5 rings (SSSR count). The van der Waals surface area contributed by atoms with Gasteiger partial charge in [-0.25, -0.2) is 4.98 Å². The maximum atomic E-state index is 14.1. The summed E-state index contributed by atoms with van der Waals surface area (Å²) in [4.78, 5) is 19.3. The minimum Gasteiger partial charge on any atom is -0.283 e. The lowest BCUT2D eigenvalue weighted by atomic mass is 9.68. The summed E-state index contributed by atoms with van der Waals surface area (Å²) in [5.41, 5.74) is 5.68. The highest BCUT2D eigenvalue weighted by Crippen LogP contribution is 2.50. The van der Waals surface area contributed by atoms with Gasteiger partial charge in [0.1, 0.15) is 0 Å². The number of benzene rings is 2. The number of hydrogen-bond acceptors (Lipinski definition) is 3. The van der Waals surface area contributed by atoms with Crippen molar-refractivity contribution in [2.45, 2.75) is 68.3 Å². The van der Waals surface area contributed by atoms with Crippen LogP contribution in [0.25, 0.3) is 11.3 Å². The minimum absolute atomic E-state index is 0.0484. The average Bonchev–Trinajstić information content (AvgIpc) is 3.19. The molecule has 0 N–H and O–H groups in total. The van der Waals surface area contributed by atoms with Crippen molar-refractivity contribution >= 4 is 11.8 Å². The summed E-state index contributed by atoms with van der Waals surface area (Å²) >= 11 is 1.69. The van der Waals surface area contributed by atoms with Crippen molar-refractivity contribution in [3.8, 4) is 11.3 Å². The Hall–Kier alpha value is -2.33. The molecule has 2 aliphatic carbocycles. The molecule has 3 aromatic rings. The van der Waals surface area contributed by atoms with Gasteiger partial charge in [-0.15, -0.1) is 0 Å². The Labute approximate surface area is 182 Å². The summed E-state index contributed by atoms with van der Waals surface area (Å²) in [6.45, 7) is 4.90. The molecule has 0 amide bonds. The Morgan fingerprint density at radius 3 is 2.47 bits per heavy atom. The van der Waals surface area contributed by atoms with Crippen LogP contribution in [0.2, 0.25) is 0 Å². The zero-order valence-corrected chi connectivity index (χ0v) is 18.5. The molecule has 2 aromatic carbocycles. The van der Waals surface area contributed by atoms with Gasteiger partial charge in [0.05, 0.1) is 17.8 Å². The Morgan fingerprint density at radius 2 is 1.73 bits per heavy atom. The van der Waals surface area contributed by atoms with Gasteiger partial charge in [0, 0.05) is 16.2 Å². The highest BCUT2D eigenvalue weighted by atomic mass is 32.2. The number of fused-ring (bicyclic) bond motifs is 4. The zero-order chi connectivity index (χ0) is 20.7. The second-order valence-corrected chi connectivity index (χ2v) is 10.5. The van der Waals surface area contributed by atoms with Crippen LogP contribution in [0.1, 0.15) is 56.2 Å². The molecule has 0 saturated heterocycles. The first-order valence-corrected chi connectivity index (χ1v) is 11.9. The van der Waals surface area contributed by atoms with Gasteiger partial charge in [-0.05, 0) is 30.4 Å². The van der Waals surface area contributed by atoms with E-state index in [2.05, 4.69) is 50.2 Å². The maximum absolute atomic E-state index is 14.1. The van der Waals surface area contributed by atoms with E-state index in [1.54, 1.807) is 11.8 Å². The van der Waals surface area contributed by atoms with Gasteiger partial charge < -0.3 is 0 Å². The van der Waals surface area contributed by atoms with E-state index in [9.17, 15) is 4.79 Å². The van der Waals surface area contributed by atoms with Crippen molar-refractivity contribution < 1.29 is 0 Å². The van der Waals surface area contributed by atoms with Crippen LogP contribution in [0, 0.1) is 0 Å². The van der Waals surface area contributed by atoms with Crippen molar-refractivity contribution in [1.29, 1.82) is 0 Å². The predicted octanol–water partition coefficient (Wildman–Crippen LogP) is 5.83. The van der Waals surface area contributed by atoms with E-state index in [1.165, 1.54) is 18.4 Å². The van der Waals surface area contributed by atoms with Crippen LogP contribution in [-0.4, -0.2) is 14.8 Å². The van der Waals surface area contributed by atoms with Crippen LogP contribution in [-0.2, 0) is 18.4 Å². The van der Waals surface area contributed by atoms with Gasteiger partial charge in [0.25, 0.3) is 5.56 Å². The lowest BCUT2D eigenvalue weighted by Gasteiger charge is -2.36. The molecule has 0 aliphatic heterocycles. The van der Waals surface area contributed by atoms with Crippen molar-refractivity contribution in [2.75, 3.05) is 0 Å². The van der Waals surface area contributed by atoms with Gasteiger partial charge in [-0.3, -0.25) is 9.36 Å². The summed E-state index contributed by atoms with van der Waals surface area (Å²) < 4.78 is 1.94. The van der Waals surface area contributed by atoms with Crippen molar-refractivity contribution in [2.24, 2.45) is 0 Å². The van der Waals surface area contributed by atoms with Gasteiger partial charge >= 0.3 is 0 Å². The molecule has 1 saturated carbocycles. The lowest BCUT2D eigenvalue weighted by Crippen LogP contribution is -2.40. The van der Waals surface area contributed by atoms with E-state index in [0.717, 1.165) is 46.8 Å². The monoisotopic (exact) mass is 416 g/mol. The Bertz CT molecular complexity index is 1130. The van der Waals surface area contributed by atoms with Crippen LogP contribution in [0.4, 0.5) is 0 Å². The summed E-state index contributed by atoms with van der Waals surface area (Å²) in [5, 5.41) is 1.19. The molecule has 154 valence electrons. The summed E-state index contributed by atoms with van der Waals surface area (Å²) in [5.74, 6) is 0. The van der Waals surface area contributed by atoms with Crippen LogP contribution in [0.15, 0.2) is 64.5 Å². The Morgan fingerprint density at radius 1 is 1.03 bits per heavy atom. The van der Waals surface area contributed by atoms with E-state index in [-0.39, 0.29) is 11.0 Å². The predicted molar refractivity (Wildman–Crippen MR) is 124 cm³/mol. The molecule has 0 unspecified atom stereocenters. The topological polar surface area (TPSA) is 34.9 Å². The molecule has 0 atom stereocenters. The number of rotatable bonds is 4. The molecule has 30 heavy (non-hydrogen) atoms. The third-order valence-electron chi connectivity index (χ3n) is 6.55. The van der Waals surface area contributed by atoms with E-state index in [1.807, 2.05) is 22.8 Å². The number of nitrogens with zero attached hydrogens (tertiary/aromatic N) is 2. The third kappa shape index (κ3) is 3.31. The SMILES string of the molecule is CC(C)Sc1nc2c(c(=O)n1Cc1ccccc1)C1(CCCC1)Cc1ccccc1-2. The fourth-order valence-electron chi connectivity index (χ4n) is 5.25. The summed E-state index contributed by atoms with van der Waals surface area (Å²) in [6.07, 6.45) is 5.54. The first-order valence-electron chi connectivity index (χ1n) is 11.0. The fraction of sp³-hybridized carbons (Fsp3) is 0.385. The van der Waals surface area contributed by atoms with Crippen molar-refractivity contribution in [3.63, 3.8) is 0 Å². The number of hydrogen-bond donors (Lipinski definition) is 0. The number of aromatic nitrogens is 2. The highest BCUT2D eigenvalue weighted by Gasteiger charge is 2.44. The Balaban J connectivity index is 1.76. The van der Waals surface area contributed by atoms with Crippen molar-refractivity contribution in [3.05, 3.63) is 81.6 Å². The first kappa shape index (κ1) is 19.6. The lowest BCUT2D eigenvalue weighted by molar-refractivity contribution is 0.417. The molecule has 2 aliphatic rings. The normalized spacial score (nSPS) is 16.6. The molecule has 4 heteroatoms. The fourth-order valence-corrected chi connectivity index (χ4v) is 6.09. The molecule has 1 fully saturated rings. The smallest absolute Gasteiger partial charge is 0.258 e. The second-order valence-electron chi connectivity index (χ2n) is 8.98. The maximum Gasteiger partial charge on any atom is 0.258 e. The van der Waals surface area contributed by atoms with E-state index in [0.29, 0.717) is 11.8 Å². The summed E-state index contributed by atoms with van der Waals surface area (Å²) in [6, 6.07) is 18.8. The summed E-state index contributed by atoms with van der Waals surface area (Å²) in [7, 11) is 0. The van der Waals surface area contributed by atoms with Gasteiger partial charge in [0.15, 0.2) is 5.16 Å². The van der Waals surface area contributed by atoms with E-state index >= 15 is 0 Å².